The van der Waals surface area contributed by atoms with Gasteiger partial charge in [0.15, 0.2) is 0 Å². The minimum Gasteiger partial charge on any atom is -0.365 e. The minimum atomic E-state index is -0.213. The van der Waals surface area contributed by atoms with Crippen LogP contribution in [0.1, 0.15) is 46.7 Å². The van der Waals surface area contributed by atoms with E-state index in [-0.39, 0.29) is 17.6 Å². The molecule has 1 saturated heterocycles. The van der Waals surface area contributed by atoms with E-state index in [9.17, 15) is 4.79 Å². The second-order valence-corrected chi connectivity index (χ2v) is 8.96. The summed E-state index contributed by atoms with van der Waals surface area (Å²) < 4.78 is 6.25. The van der Waals surface area contributed by atoms with Gasteiger partial charge in [-0.25, -0.2) is 0 Å². The van der Waals surface area contributed by atoms with E-state index in [0.29, 0.717) is 13.2 Å². The lowest BCUT2D eigenvalue weighted by Gasteiger charge is -2.39. The van der Waals surface area contributed by atoms with Gasteiger partial charge in [0.2, 0.25) is 5.91 Å². The zero-order valence-corrected chi connectivity index (χ0v) is 18.6. The van der Waals surface area contributed by atoms with Crippen LogP contribution in [0, 0.1) is 6.92 Å². The first kappa shape index (κ1) is 20.9. The van der Waals surface area contributed by atoms with Crippen molar-refractivity contribution in [2.75, 3.05) is 19.6 Å². The van der Waals surface area contributed by atoms with Crippen molar-refractivity contribution in [1.82, 2.24) is 10.2 Å². The molecular weight excluding hydrogens is 396 g/mol. The maximum absolute atomic E-state index is 13.1. The molecule has 2 aliphatic heterocycles. The predicted octanol–water partition coefficient (Wildman–Crippen LogP) is 4.72. The number of hydrogen-bond donors (Lipinski definition) is 1. The summed E-state index contributed by atoms with van der Waals surface area (Å²) in [5.74, 6) is 0.153. The maximum Gasteiger partial charge on any atom is 0.236 e. The van der Waals surface area contributed by atoms with E-state index in [4.69, 9.17) is 4.74 Å². The van der Waals surface area contributed by atoms with Crippen LogP contribution in [0.15, 0.2) is 78.9 Å². The quantitative estimate of drug-likeness (QED) is 0.642. The average molecular weight is 427 g/mol. The standard InChI is InChI=1S/C28H30N2O2/c1-21-8-7-12-23(18-21)27(22-9-3-2-4-10-22)29-19-26(31)30-16-14-28(15-17-30)25-13-6-5-11-24(25)20-32-28/h2-13,18,27,29H,14-17,19-20H2,1H3. The molecule has 1 fully saturated rings. The number of likely N-dealkylation sites (tertiary alicyclic amines) is 1. The second kappa shape index (κ2) is 8.89. The number of fused-ring (bicyclic) bond motifs is 2. The van der Waals surface area contributed by atoms with E-state index in [1.807, 2.05) is 23.1 Å². The lowest BCUT2D eigenvalue weighted by molar-refractivity contribution is -0.137. The van der Waals surface area contributed by atoms with E-state index < -0.39 is 0 Å². The van der Waals surface area contributed by atoms with Gasteiger partial charge in [0.25, 0.3) is 0 Å². The third-order valence-corrected chi connectivity index (χ3v) is 6.90. The highest BCUT2D eigenvalue weighted by molar-refractivity contribution is 5.78. The lowest BCUT2D eigenvalue weighted by Crippen LogP contribution is -2.48. The van der Waals surface area contributed by atoms with Crippen molar-refractivity contribution in [2.45, 2.75) is 38.0 Å². The first-order valence-electron chi connectivity index (χ1n) is 11.5. The summed E-state index contributed by atoms with van der Waals surface area (Å²) in [7, 11) is 0. The summed E-state index contributed by atoms with van der Waals surface area (Å²) in [4.78, 5) is 15.1. The van der Waals surface area contributed by atoms with Crippen LogP contribution in [0.25, 0.3) is 0 Å². The van der Waals surface area contributed by atoms with Gasteiger partial charge in [-0.1, -0.05) is 84.4 Å². The Balaban J connectivity index is 1.25. The van der Waals surface area contributed by atoms with Crippen molar-refractivity contribution in [3.8, 4) is 0 Å². The second-order valence-electron chi connectivity index (χ2n) is 8.96. The maximum atomic E-state index is 13.1. The Bertz CT molecular complexity index is 1090. The summed E-state index contributed by atoms with van der Waals surface area (Å²) in [6.45, 7) is 4.56. The molecule has 0 bridgehead atoms. The van der Waals surface area contributed by atoms with Crippen molar-refractivity contribution in [1.29, 1.82) is 0 Å². The number of nitrogens with one attached hydrogen (secondary N) is 1. The third kappa shape index (κ3) is 4.08. The molecule has 3 aromatic carbocycles. The molecule has 5 rings (SSSR count). The van der Waals surface area contributed by atoms with Crippen LogP contribution < -0.4 is 5.32 Å². The molecule has 0 aliphatic carbocycles. The Labute approximate surface area is 190 Å². The normalized spacial score (nSPS) is 17.8. The number of piperidine rings is 1. The fraction of sp³-hybridized carbons (Fsp3) is 0.321. The van der Waals surface area contributed by atoms with Crippen molar-refractivity contribution in [2.24, 2.45) is 0 Å². The van der Waals surface area contributed by atoms with E-state index in [1.54, 1.807) is 0 Å². The lowest BCUT2D eigenvalue weighted by atomic mass is 9.84. The number of carbonyl (C=O) groups excluding carboxylic acids is 1. The van der Waals surface area contributed by atoms with Gasteiger partial charge in [0.05, 0.1) is 24.8 Å². The number of nitrogens with zero attached hydrogens (tertiary/aromatic N) is 1. The van der Waals surface area contributed by atoms with Gasteiger partial charge in [0, 0.05) is 13.1 Å². The molecule has 1 atom stereocenters. The van der Waals surface area contributed by atoms with Crippen molar-refractivity contribution in [3.63, 3.8) is 0 Å². The molecule has 1 unspecified atom stereocenters. The third-order valence-electron chi connectivity index (χ3n) is 6.90. The largest absolute Gasteiger partial charge is 0.365 e. The zero-order chi connectivity index (χ0) is 22.0. The number of carbonyl (C=O) groups is 1. The Morgan fingerprint density at radius 2 is 1.69 bits per heavy atom. The van der Waals surface area contributed by atoms with Gasteiger partial charge in [-0.3, -0.25) is 10.1 Å². The molecule has 4 nitrogen and oxygen atoms in total. The highest BCUT2D eigenvalue weighted by atomic mass is 16.5. The number of amides is 1. The van der Waals surface area contributed by atoms with Crippen LogP contribution in [0.4, 0.5) is 0 Å². The first-order valence-corrected chi connectivity index (χ1v) is 11.5. The van der Waals surface area contributed by atoms with Crippen LogP contribution in [0.2, 0.25) is 0 Å². The topological polar surface area (TPSA) is 41.6 Å². The van der Waals surface area contributed by atoms with Crippen LogP contribution in [-0.2, 0) is 21.7 Å². The molecular formula is C28H30N2O2. The summed E-state index contributed by atoms with van der Waals surface area (Å²) in [5.41, 5.74) is 5.95. The Kier molecular flexibility index (Phi) is 5.81. The van der Waals surface area contributed by atoms with Crippen LogP contribution in [-0.4, -0.2) is 30.4 Å². The molecule has 164 valence electrons. The van der Waals surface area contributed by atoms with Gasteiger partial charge in [0.1, 0.15) is 0 Å². The molecule has 4 heteroatoms. The summed E-state index contributed by atoms with van der Waals surface area (Å²) >= 11 is 0. The van der Waals surface area contributed by atoms with Crippen molar-refractivity contribution >= 4 is 5.91 Å². The van der Waals surface area contributed by atoms with Crippen LogP contribution in [0.3, 0.4) is 0 Å². The van der Waals surface area contributed by atoms with E-state index >= 15 is 0 Å². The smallest absolute Gasteiger partial charge is 0.236 e. The molecule has 1 amide bonds. The van der Waals surface area contributed by atoms with Crippen molar-refractivity contribution < 1.29 is 9.53 Å². The van der Waals surface area contributed by atoms with Gasteiger partial charge in [-0.15, -0.1) is 0 Å². The summed E-state index contributed by atoms with van der Waals surface area (Å²) in [5, 5.41) is 3.53. The van der Waals surface area contributed by atoms with E-state index in [2.05, 4.69) is 72.9 Å². The van der Waals surface area contributed by atoms with E-state index in [1.165, 1.54) is 27.8 Å². The Morgan fingerprint density at radius 3 is 2.47 bits per heavy atom. The Morgan fingerprint density at radius 1 is 0.969 bits per heavy atom. The van der Waals surface area contributed by atoms with Gasteiger partial charge in [-0.05, 0) is 42.0 Å². The minimum absolute atomic E-state index is 0.0128. The number of aryl methyl sites for hydroxylation is 1. The molecule has 3 aromatic rings. The van der Waals surface area contributed by atoms with Crippen LogP contribution in [0.5, 0.6) is 0 Å². The fourth-order valence-electron chi connectivity index (χ4n) is 5.14. The highest BCUT2D eigenvalue weighted by Crippen LogP contribution is 2.43. The first-order chi connectivity index (χ1) is 15.6. The number of ether oxygens (including phenoxy) is 1. The molecule has 1 N–H and O–H groups in total. The van der Waals surface area contributed by atoms with Gasteiger partial charge in [-0.2, -0.15) is 0 Å². The highest BCUT2D eigenvalue weighted by Gasteiger charge is 2.43. The van der Waals surface area contributed by atoms with Gasteiger partial charge >= 0.3 is 0 Å². The van der Waals surface area contributed by atoms with E-state index in [0.717, 1.165) is 25.9 Å². The molecule has 1 spiro atoms. The number of benzene rings is 3. The van der Waals surface area contributed by atoms with Crippen molar-refractivity contribution in [3.05, 3.63) is 107 Å². The number of rotatable bonds is 5. The molecule has 32 heavy (non-hydrogen) atoms. The summed E-state index contributed by atoms with van der Waals surface area (Å²) in [6.07, 6.45) is 1.71. The zero-order valence-electron chi connectivity index (χ0n) is 18.6. The van der Waals surface area contributed by atoms with Crippen LogP contribution >= 0.6 is 0 Å². The molecule has 0 radical (unpaired) electrons. The predicted molar refractivity (Wildman–Crippen MR) is 126 cm³/mol. The number of hydrogen-bond acceptors (Lipinski definition) is 3. The average Bonchev–Trinajstić information content (AvgIpc) is 3.18. The van der Waals surface area contributed by atoms with Gasteiger partial charge < -0.3 is 9.64 Å². The fourth-order valence-corrected chi connectivity index (χ4v) is 5.14. The molecule has 2 aliphatic rings. The Hall–Kier alpha value is -2.95. The monoisotopic (exact) mass is 426 g/mol. The SMILES string of the molecule is Cc1cccc(C(NCC(=O)N2CCC3(CC2)OCc2ccccc23)c2ccccc2)c1. The molecule has 0 aromatic heterocycles. The summed E-state index contributed by atoms with van der Waals surface area (Å²) in [6, 6.07) is 27.3. The molecule has 0 saturated carbocycles. The molecule has 2 heterocycles.